The maximum atomic E-state index is 6.01. The minimum atomic E-state index is 0.225. The van der Waals surface area contributed by atoms with E-state index in [-0.39, 0.29) is 5.95 Å². The van der Waals surface area contributed by atoms with E-state index in [1.807, 2.05) is 50.2 Å². The van der Waals surface area contributed by atoms with Crippen molar-refractivity contribution >= 4 is 5.95 Å². The molecule has 0 saturated carbocycles. The quantitative estimate of drug-likeness (QED) is 0.792. The van der Waals surface area contributed by atoms with Crippen molar-refractivity contribution in [3.05, 3.63) is 42.6 Å². The Morgan fingerprint density at radius 2 is 1.58 bits per heavy atom. The minimum absolute atomic E-state index is 0.225. The van der Waals surface area contributed by atoms with Crippen LogP contribution in [0.1, 0.15) is 13.8 Å². The fourth-order valence-electron chi connectivity index (χ4n) is 2.23. The largest absolute Gasteiger partial charge is 0.494 e. The molecule has 7 nitrogen and oxygen atoms in total. The lowest BCUT2D eigenvalue weighted by atomic mass is 10.2. The summed E-state index contributed by atoms with van der Waals surface area (Å²) in [5, 5.41) is 8.09. The van der Waals surface area contributed by atoms with Crippen LogP contribution in [0.5, 0.6) is 11.5 Å². The van der Waals surface area contributed by atoms with Crippen molar-refractivity contribution in [2.75, 3.05) is 20.0 Å². The van der Waals surface area contributed by atoms with Crippen molar-refractivity contribution in [3.63, 3.8) is 0 Å². The molecule has 2 aromatic heterocycles. The van der Waals surface area contributed by atoms with Crippen LogP contribution in [-0.4, -0.2) is 34.0 Å². The number of nitrogens with two attached hydrogens (primary N) is 1. The molecular weight excluding hydrogens is 306 g/mol. The van der Waals surface area contributed by atoms with E-state index in [2.05, 4.69) is 15.2 Å². The molecule has 2 N–H and O–H groups in total. The van der Waals surface area contributed by atoms with Gasteiger partial charge in [0.05, 0.1) is 14.2 Å². The highest BCUT2D eigenvalue weighted by Crippen LogP contribution is 2.36. The van der Waals surface area contributed by atoms with Gasteiger partial charge in [0.25, 0.3) is 0 Å². The molecule has 0 amide bonds. The van der Waals surface area contributed by atoms with Crippen LogP contribution in [0.2, 0.25) is 0 Å². The van der Waals surface area contributed by atoms with Gasteiger partial charge in [0, 0.05) is 6.20 Å². The Labute approximate surface area is 141 Å². The Morgan fingerprint density at radius 3 is 2.12 bits per heavy atom. The smallest absolute Gasteiger partial charge is 0.227 e. The van der Waals surface area contributed by atoms with Crippen LogP contribution in [0.3, 0.4) is 0 Å². The highest BCUT2D eigenvalue weighted by atomic mass is 16.5. The maximum Gasteiger partial charge on any atom is 0.227 e. The van der Waals surface area contributed by atoms with Gasteiger partial charge in [0.2, 0.25) is 5.95 Å². The van der Waals surface area contributed by atoms with E-state index in [1.165, 1.54) is 0 Å². The zero-order valence-electron chi connectivity index (χ0n) is 14.2. The van der Waals surface area contributed by atoms with E-state index in [1.54, 1.807) is 25.0 Å². The summed E-state index contributed by atoms with van der Waals surface area (Å²) in [6.45, 7) is 4.00. The summed E-state index contributed by atoms with van der Waals surface area (Å²) in [6.07, 6.45) is 1.68. The zero-order valence-corrected chi connectivity index (χ0v) is 14.2. The third-order valence-corrected chi connectivity index (χ3v) is 3.21. The molecule has 0 aliphatic rings. The normalized spacial score (nSPS) is 9.83. The van der Waals surface area contributed by atoms with E-state index in [4.69, 9.17) is 15.2 Å². The van der Waals surface area contributed by atoms with Crippen molar-refractivity contribution in [1.82, 2.24) is 19.7 Å². The maximum absolute atomic E-state index is 6.01. The Morgan fingerprint density at radius 1 is 0.917 bits per heavy atom. The summed E-state index contributed by atoms with van der Waals surface area (Å²) in [6, 6.07) is 11.0. The Kier molecular flexibility index (Phi) is 5.73. The molecule has 0 radical (unpaired) electrons. The number of benzene rings is 1. The van der Waals surface area contributed by atoms with Crippen molar-refractivity contribution in [2.24, 2.45) is 0 Å². The van der Waals surface area contributed by atoms with Crippen molar-refractivity contribution in [1.29, 1.82) is 0 Å². The summed E-state index contributed by atoms with van der Waals surface area (Å²) in [5.74, 6) is 1.94. The third kappa shape index (κ3) is 3.15. The molecule has 0 atom stereocenters. The van der Waals surface area contributed by atoms with Gasteiger partial charge < -0.3 is 15.2 Å². The van der Waals surface area contributed by atoms with E-state index < -0.39 is 0 Å². The van der Waals surface area contributed by atoms with E-state index in [0.29, 0.717) is 28.7 Å². The molecule has 7 heteroatoms. The number of pyridine rings is 1. The summed E-state index contributed by atoms with van der Waals surface area (Å²) in [7, 11) is 3.17. The molecule has 126 valence electrons. The topological polar surface area (TPSA) is 88.1 Å². The molecule has 0 unspecified atom stereocenters. The van der Waals surface area contributed by atoms with Gasteiger partial charge in [0.15, 0.2) is 5.82 Å². The first kappa shape index (κ1) is 17.3. The van der Waals surface area contributed by atoms with Gasteiger partial charge >= 0.3 is 0 Å². The summed E-state index contributed by atoms with van der Waals surface area (Å²) in [5.41, 5.74) is 7.30. The zero-order chi connectivity index (χ0) is 17.5. The predicted octanol–water partition coefficient (Wildman–Crippen LogP) is 2.95. The van der Waals surface area contributed by atoms with Gasteiger partial charge in [-0.15, -0.1) is 10.2 Å². The number of anilines is 1. The Bertz CT molecular complexity index is 765. The van der Waals surface area contributed by atoms with Crippen molar-refractivity contribution < 1.29 is 9.47 Å². The Hall–Kier alpha value is -3.09. The third-order valence-electron chi connectivity index (χ3n) is 3.21. The van der Waals surface area contributed by atoms with Gasteiger partial charge in [-0.25, -0.2) is 0 Å². The van der Waals surface area contributed by atoms with Gasteiger partial charge in [-0.3, -0.25) is 9.55 Å². The lowest BCUT2D eigenvalue weighted by Crippen LogP contribution is -2.07. The van der Waals surface area contributed by atoms with Crippen molar-refractivity contribution in [3.8, 4) is 28.7 Å². The first-order valence-electron chi connectivity index (χ1n) is 7.60. The molecular formula is C17H21N5O2. The fourth-order valence-corrected chi connectivity index (χ4v) is 2.23. The highest BCUT2D eigenvalue weighted by molar-refractivity contribution is 5.65. The summed E-state index contributed by atoms with van der Waals surface area (Å²) < 4.78 is 12.5. The summed E-state index contributed by atoms with van der Waals surface area (Å²) >= 11 is 0. The van der Waals surface area contributed by atoms with Crippen LogP contribution in [0.4, 0.5) is 5.95 Å². The SMILES string of the molecule is CC.COc1cccc(OC)c1-n1c(N)nnc1-c1ccccn1. The first-order chi connectivity index (χ1) is 11.8. The van der Waals surface area contributed by atoms with Gasteiger partial charge in [-0.1, -0.05) is 26.0 Å². The van der Waals surface area contributed by atoms with Crippen LogP contribution in [0, 0.1) is 0 Å². The van der Waals surface area contributed by atoms with E-state index in [9.17, 15) is 0 Å². The van der Waals surface area contributed by atoms with Crippen LogP contribution >= 0.6 is 0 Å². The molecule has 0 aliphatic carbocycles. The van der Waals surface area contributed by atoms with Gasteiger partial charge in [-0.05, 0) is 24.3 Å². The average molecular weight is 327 g/mol. The monoisotopic (exact) mass is 327 g/mol. The van der Waals surface area contributed by atoms with Crippen molar-refractivity contribution in [2.45, 2.75) is 13.8 Å². The van der Waals surface area contributed by atoms with Crippen LogP contribution in [0.25, 0.3) is 17.2 Å². The number of para-hydroxylation sites is 1. The molecule has 0 fully saturated rings. The van der Waals surface area contributed by atoms with Gasteiger partial charge in [-0.2, -0.15) is 0 Å². The summed E-state index contributed by atoms with van der Waals surface area (Å²) in [4.78, 5) is 4.30. The minimum Gasteiger partial charge on any atom is -0.494 e. The molecule has 0 aliphatic heterocycles. The second kappa shape index (κ2) is 7.96. The molecule has 1 aromatic carbocycles. The van der Waals surface area contributed by atoms with Gasteiger partial charge in [0.1, 0.15) is 22.9 Å². The number of ether oxygens (including phenoxy) is 2. The highest BCUT2D eigenvalue weighted by Gasteiger charge is 2.21. The number of rotatable bonds is 4. The lowest BCUT2D eigenvalue weighted by Gasteiger charge is -2.15. The first-order valence-corrected chi connectivity index (χ1v) is 7.60. The number of hydrogen-bond acceptors (Lipinski definition) is 6. The van der Waals surface area contributed by atoms with E-state index in [0.717, 1.165) is 0 Å². The second-order valence-corrected chi connectivity index (χ2v) is 4.44. The number of hydrogen-bond donors (Lipinski definition) is 1. The molecule has 24 heavy (non-hydrogen) atoms. The average Bonchev–Trinajstić information content (AvgIpc) is 3.04. The fraction of sp³-hybridized carbons (Fsp3) is 0.235. The molecule has 3 rings (SSSR count). The number of methoxy groups -OCH3 is 2. The predicted molar refractivity (Wildman–Crippen MR) is 93.5 cm³/mol. The number of aromatic nitrogens is 4. The van der Waals surface area contributed by atoms with Crippen LogP contribution in [-0.2, 0) is 0 Å². The molecule has 3 aromatic rings. The van der Waals surface area contributed by atoms with E-state index >= 15 is 0 Å². The van der Waals surface area contributed by atoms with Crippen LogP contribution < -0.4 is 15.2 Å². The molecule has 0 bridgehead atoms. The lowest BCUT2D eigenvalue weighted by molar-refractivity contribution is 0.391. The standard InChI is InChI=1S/C15H15N5O2.C2H6/c1-21-11-7-5-8-12(22-2)13(11)20-14(18-19-15(20)16)10-6-3-4-9-17-10;1-2/h3-9H,1-2H3,(H2,16,19);1-2H3. The van der Waals surface area contributed by atoms with Crippen LogP contribution in [0.15, 0.2) is 42.6 Å². The Balaban J connectivity index is 0.00000100. The molecule has 0 saturated heterocycles. The molecule has 2 heterocycles. The second-order valence-electron chi connectivity index (χ2n) is 4.44. The number of nitrogen functional groups attached to an aromatic ring is 1. The molecule has 0 spiro atoms. The number of nitrogens with zero attached hydrogens (tertiary/aromatic N) is 4.